The van der Waals surface area contributed by atoms with Crippen molar-refractivity contribution in [1.82, 2.24) is 25.3 Å². The molecule has 0 unspecified atom stereocenters. The fourth-order valence-corrected chi connectivity index (χ4v) is 4.00. The summed E-state index contributed by atoms with van der Waals surface area (Å²) in [5.74, 6) is 1.26. The first kappa shape index (κ1) is 20.1. The Labute approximate surface area is 176 Å². The van der Waals surface area contributed by atoms with E-state index in [-0.39, 0.29) is 25.0 Å². The van der Waals surface area contributed by atoms with Crippen LogP contribution in [0.15, 0.2) is 24.5 Å². The zero-order valence-electron chi connectivity index (χ0n) is 16.1. The van der Waals surface area contributed by atoms with Gasteiger partial charge < -0.3 is 25.8 Å². The molecule has 1 aliphatic rings. The first-order valence-corrected chi connectivity index (χ1v) is 10.2. The minimum atomic E-state index is -0.263. The predicted octanol–water partition coefficient (Wildman–Crippen LogP) is 0.689. The van der Waals surface area contributed by atoms with Crippen LogP contribution in [-0.4, -0.2) is 70.4 Å². The van der Waals surface area contributed by atoms with Gasteiger partial charge in [-0.05, 0) is 12.1 Å². The molecule has 4 rings (SSSR count). The number of hydrogen-bond donors (Lipinski definition) is 3. The average molecular weight is 427 g/mol. The Balaban J connectivity index is 1.73. The maximum atomic E-state index is 11.8. The van der Waals surface area contributed by atoms with Crippen molar-refractivity contribution in [3.63, 3.8) is 0 Å². The molecule has 10 nitrogen and oxygen atoms in total. The zero-order valence-corrected chi connectivity index (χ0v) is 16.9. The standard InChI is InChI=1S/C19H21N7O3S/c20-19-22-10-12(11-23-19)17-24-14-9-13(1-2-15(28)21-3-6-27)30-16(14)18(25-17)26-4-7-29-8-5-26/h1-2,9-11,27H,3-8H2,(H,21,28)(H2,20,22,23)/b2-1+. The Bertz CT molecular complexity index is 1060. The molecule has 1 amide bonds. The summed E-state index contributed by atoms with van der Waals surface area (Å²) in [7, 11) is 0. The Morgan fingerprint density at radius 1 is 1.30 bits per heavy atom. The molecular weight excluding hydrogens is 406 g/mol. The molecule has 1 saturated heterocycles. The number of aromatic nitrogens is 4. The summed E-state index contributed by atoms with van der Waals surface area (Å²) < 4.78 is 6.41. The number of amides is 1. The molecule has 3 aromatic heterocycles. The van der Waals surface area contributed by atoms with Crippen molar-refractivity contribution in [2.24, 2.45) is 0 Å². The maximum Gasteiger partial charge on any atom is 0.244 e. The lowest BCUT2D eigenvalue weighted by Crippen LogP contribution is -2.36. The number of nitrogens with one attached hydrogen (secondary N) is 1. The van der Waals surface area contributed by atoms with E-state index in [1.165, 1.54) is 17.4 Å². The van der Waals surface area contributed by atoms with Crippen molar-refractivity contribution in [3.8, 4) is 11.4 Å². The van der Waals surface area contributed by atoms with Gasteiger partial charge in [0.25, 0.3) is 0 Å². The van der Waals surface area contributed by atoms with Crippen molar-refractivity contribution < 1.29 is 14.6 Å². The number of carbonyl (C=O) groups excluding carboxylic acids is 1. The van der Waals surface area contributed by atoms with E-state index >= 15 is 0 Å². The Hall–Kier alpha value is -3.15. The third kappa shape index (κ3) is 4.53. The van der Waals surface area contributed by atoms with Crippen molar-refractivity contribution in [2.45, 2.75) is 0 Å². The number of aliphatic hydroxyl groups is 1. The molecule has 0 bridgehead atoms. The fraction of sp³-hybridized carbons (Fsp3) is 0.316. The van der Waals surface area contributed by atoms with Crippen LogP contribution in [0.25, 0.3) is 27.7 Å². The van der Waals surface area contributed by atoms with Crippen LogP contribution >= 0.6 is 11.3 Å². The summed E-state index contributed by atoms with van der Waals surface area (Å²) >= 11 is 1.51. The lowest BCUT2D eigenvalue weighted by Gasteiger charge is -2.28. The molecule has 3 aromatic rings. The largest absolute Gasteiger partial charge is 0.395 e. The van der Waals surface area contributed by atoms with Crippen LogP contribution in [0.5, 0.6) is 0 Å². The summed E-state index contributed by atoms with van der Waals surface area (Å²) in [4.78, 5) is 32.4. The average Bonchev–Trinajstić information content (AvgIpc) is 3.19. The van der Waals surface area contributed by atoms with Crippen LogP contribution in [0.1, 0.15) is 4.88 Å². The van der Waals surface area contributed by atoms with E-state index in [2.05, 4.69) is 25.2 Å². The number of anilines is 2. The van der Waals surface area contributed by atoms with Gasteiger partial charge in [-0.25, -0.2) is 19.9 Å². The van der Waals surface area contributed by atoms with E-state index < -0.39 is 0 Å². The molecule has 30 heavy (non-hydrogen) atoms. The molecular formula is C19H21N7O3S. The molecule has 4 N–H and O–H groups in total. The van der Waals surface area contributed by atoms with E-state index in [9.17, 15) is 4.79 Å². The van der Waals surface area contributed by atoms with Gasteiger partial charge in [0, 0.05) is 43.0 Å². The number of nitrogens with zero attached hydrogens (tertiary/aromatic N) is 5. The monoisotopic (exact) mass is 427 g/mol. The van der Waals surface area contributed by atoms with Gasteiger partial charge in [0.1, 0.15) is 0 Å². The van der Waals surface area contributed by atoms with Crippen molar-refractivity contribution in [3.05, 3.63) is 29.4 Å². The van der Waals surface area contributed by atoms with Crippen molar-refractivity contribution >= 4 is 45.3 Å². The molecule has 1 fully saturated rings. The lowest BCUT2D eigenvalue weighted by atomic mass is 10.3. The molecule has 0 atom stereocenters. The number of ether oxygens (including phenoxy) is 1. The van der Waals surface area contributed by atoms with Gasteiger partial charge >= 0.3 is 0 Å². The van der Waals surface area contributed by atoms with E-state index in [0.29, 0.717) is 24.6 Å². The number of nitrogen functional groups attached to an aromatic ring is 1. The molecule has 0 saturated carbocycles. The number of carbonyl (C=O) groups is 1. The summed E-state index contributed by atoms with van der Waals surface area (Å²) in [6.07, 6.45) is 6.38. The minimum Gasteiger partial charge on any atom is -0.395 e. The van der Waals surface area contributed by atoms with Crippen LogP contribution in [0, 0.1) is 0 Å². The van der Waals surface area contributed by atoms with Gasteiger partial charge in [-0.2, -0.15) is 0 Å². The summed E-state index contributed by atoms with van der Waals surface area (Å²) in [6.45, 7) is 2.85. The number of morpholine rings is 1. The van der Waals surface area contributed by atoms with Crippen LogP contribution < -0.4 is 16.0 Å². The van der Waals surface area contributed by atoms with E-state index in [1.807, 2.05) is 6.07 Å². The molecule has 0 radical (unpaired) electrons. The molecule has 0 aliphatic carbocycles. The molecule has 0 aromatic carbocycles. The first-order chi connectivity index (χ1) is 14.6. The quantitative estimate of drug-likeness (QED) is 0.485. The first-order valence-electron chi connectivity index (χ1n) is 9.43. The Morgan fingerprint density at radius 2 is 2.07 bits per heavy atom. The summed E-state index contributed by atoms with van der Waals surface area (Å²) in [6, 6.07) is 1.92. The van der Waals surface area contributed by atoms with E-state index in [1.54, 1.807) is 18.5 Å². The smallest absolute Gasteiger partial charge is 0.244 e. The third-order valence-corrected chi connectivity index (χ3v) is 5.51. The SMILES string of the molecule is Nc1ncc(-c2nc(N3CCOCC3)c3sc(/C=C/C(=O)NCCO)cc3n2)cn1. The Kier molecular flexibility index (Phi) is 6.12. The highest BCUT2D eigenvalue weighted by molar-refractivity contribution is 7.20. The number of fused-ring (bicyclic) bond motifs is 1. The van der Waals surface area contributed by atoms with Crippen LogP contribution in [0.2, 0.25) is 0 Å². The van der Waals surface area contributed by atoms with Gasteiger partial charge in [0.2, 0.25) is 11.9 Å². The minimum absolute atomic E-state index is 0.0986. The molecule has 4 heterocycles. The number of aliphatic hydroxyl groups excluding tert-OH is 1. The summed E-state index contributed by atoms with van der Waals surface area (Å²) in [5, 5.41) is 11.4. The molecule has 156 valence electrons. The maximum absolute atomic E-state index is 11.8. The normalized spacial score (nSPS) is 14.5. The highest BCUT2D eigenvalue weighted by atomic mass is 32.1. The molecule has 11 heteroatoms. The number of hydrogen-bond acceptors (Lipinski definition) is 10. The number of rotatable bonds is 6. The topological polar surface area (TPSA) is 139 Å². The van der Waals surface area contributed by atoms with Crippen LogP contribution in [-0.2, 0) is 9.53 Å². The van der Waals surface area contributed by atoms with Gasteiger partial charge in [0.15, 0.2) is 11.6 Å². The summed E-state index contributed by atoms with van der Waals surface area (Å²) in [5.41, 5.74) is 7.05. The second kappa shape index (κ2) is 9.11. The van der Waals surface area contributed by atoms with Crippen molar-refractivity contribution in [1.29, 1.82) is 0 Å². The van der Waals surface area contributed by atoms with Gasteiger partial charge in [-0.1, -0.05) is 0 Å². The second-order valence-corrected chi connectivity index (χ2v) is 7.60. The number of thiophene rings is 1. The van der Waals surface area contributed by atoms with Crippen LogP contribution in [0.3, 0.4) is 0 Å². The third-order valence-electron chi connectivity index (χ3n) is 4.42. The van der Waals surface area contributed by atoms with Gasteiger partial charge in [-0.3, -0.25) is 4.79 Å². The van der Waals surface area contributed by atoms with E-state index in [0.717, 1.165) is 34.0 Å². The lowest BCUT2D eigenvalue weighted by molar-refractivity contribution is -0.116. The van der Waals surface area contributed by atoms with Gasteiger partial charge in [0.05, 0.1) is 35.6 Å². The molecule has 0 spiro atoms. The second-order valence-electron chi connectivity index (χ2n) is 6.51. The zero-order chi connectivity index (χ0) is 20.9. The number of nitrogens with two attached hydrogens (primary N) is 1. The highest BCUT2D eigenvalue weighted by Crippen LogP contribution is 2.34. The predicted molar refractivity (Wildman–Crippen MR) is 115 cm³/mol. The van der Waals surface area contributed by atoms with Gasteiger partial charge in [-0.15, -0.1) is 11.3 Å². The van der Waals surface area contributed by atoms with E-state index in [4.69, 9.17) is 20.6 Å². The Morgan fingerprint density at radius 3 is 2.80 bits per heavy atom. The fourth-order valence-electron chi connectivity index (χ4n) is 2.98. The van der Waals surface area contributed by atoms with Crippen molar-refractivity contribution in [2.75, 3.05) is 50.1 Å². The molecule has 1 aliphatic heterocycles. The van der Waals surface area contributed by atoms with Crippen LogP contribution in [0.4, 0.5) is 11.8 Å². The highest BCUT2D eigenvalue weighted by Gasteiger charge is 2.20.